The van der Waals surface area contributed by atoms with Crippen LogP contribution in [0.5, 0.6) is 0 Å². The number of aromatic nitrogens is 2. The number of benzene rings is 1. The summed E-state index contributed by atoms with van der Waals surface area (Å²) in [6, 6.07) is 12.8. The van der Waals surface area contributed by atoms with Gasteiger partial charge in [0.1, 0.15) is 12.2 Å². The van der Waals surface area contributed by atoms with Crippen LogP contribution in [0.1, 0.15) is 11.3 Å². The van der Waals surface area contributed by atoms with E-state index in [0.29, 0.717) is 17.1 Å². The Labute approximate surface area is 145 Å². The molecule has 0 saturated heterocycles. The van der Waals surface area contributed by atoms with Gasteiger partial charge in [-0.05, 0) is 62.0 Å². The van der Waals surface area contributed by atoms with Crippen LogP contribution in [0.25, 0.3) is 22.5 Å². The van der Waals surface area contributed by atoms with E-state index in [0.717, 1.165) is 22.4 Å². The van der Waals surface area contributed by atoms with Gasteiger partial charge in [-0.15, -0.1) is 0 Å². The second-order valence-corrected chi connectivity index (χ2v) is 5.59. The second-order valence-electron chi connectivity index (χ2n) is 5.59. The number of hydrogen-bond donors (Lipinski definition) is 0. The van der Waals surface area contributed by atoms with Gasteiger partial charge in [-0.25, -0.2) is 14.4 Å². The zero-order valence-electron chi connectivity index (χ0n) is 14.1. The van der Waals surface area contributed by atoms with Crippen LogP contribution >= 0.6 is 0 Å². The molecule has 0 saturated carbocycles. The first-order chi connectivity index (χ1) is 12.1. The van der Waals surface area contributed by atoms with Gasteiger partial charge in [-0.1, -0.05) is 12.1 Å². The molecule has 0 spiro atoms. The Morgan fingerprint density at radius 3 is 2.68 bits per heavy atom. The van der Waals surface area contributed by atoms with Crippen molar-refractivity contribution in [2.24, 2.45) is 9.98 Å². The van der Waals surface area contributed by atoms with Crippen molar-refractivity contribution in [1.82, 2.24) is 9.97 Å². The minimum atomic E-state index is -0.324. The maximum Gasteiger partial charge on any atom is 0.144 e. The Balaban J connectivity index is 2.09. The highest BCUT2D eigenvalue weighted by Crippen LogP contribution is 2.32. The normalized spacial score (nSPS) is 11.0. The number of aliphatic imine (C=N–C) groups is 2. The predicted molar refractivity (Wildman–Crippen MR) is 100 cm³/mol. The quantitative estimate of drug-likeness (QED) is 0.502. The number of halogens is 1. The van der Waals surface area contributed by atoms with E-state index in [1.165, 1.54) is 12.4 Å². The number of rotatable bonds is 4. The van der Waals surface area contributed by atoms with Crippen LogP contribution in [-0.2, 0) is 0 Å². The molecule has 0 bridgehead atoms. The first-order valence-electron chi connectivity index (χ1n) is 7.78. The van der Waals surface area contributed by atoms with Crippen molar-refractivity contribution < 1.29 is 4.39 Å². The van der Waals surface area contributed by atoms with Crippen LogP contribution in [0.3, 0.4) is 0 Å². The summed E-state index contributed by atoms with van der Waals surface area (Å²) in [7, 11) is 0. The molecule has 0 amide bonds. The number of aryl methyl sites for hydroxylation is 2. The minimum Gasteiger partial charge on any atom is -0.254 e. The van der Waals surface area contributed by atoms with Gasteiger partial charge < -0.3 is 0 Å². The first kappa shape index (κ1) is 16.6. The van der Waals surface area contributed by atoms with E-state index in [9.17, 15) is 4.39 Å². The maximum atomic E-state index is 13.5. The molecule has 0 atom stereocenters. The van der Waals surface area contributed by atoms with Gasteiger partial charge in [0, 0.05) is 11.8 Å². The highest BCUT2D eigenvalue weighted by Gasteiger charge is 2.12. The maximum absolute atomic E-state index is 13.5. The van der Waals surface area contributed by atoms with Gasteiger partial charge >= 0.3 is 0 Å². The summed E-state index contributed by atoms with van der Waals surface area (Å²) in [5, 5.41) is 0. The third kappa shape index (κ3) is 3.50. The topological polar surface area (TPSA) is 50.5 Å². The molecular weight excluding hydrogens is 315 g/mol. The van der Waals surface area contributed by atoms with Gasteiger partial charge in [-0.2, -0.15) is 0 Å². The molecule has 1 aromatic carbocycles. The molecule has 0 aliphatic rings. The van der Waals surface area contributed by atoms with Crippen molar-refractivity contribution in [3.05, 3.63) is 65.7 Å². The van der Waals surface area contributed by atoms with Crippen LogP contribution in [0.4, 0.5) is 10.1 Å². The Kier molecular flexibility index (Phi) is 4.75. The molecule has 0 fully saturated rings. The fourth-order valence-electron chi connectivity index (χ4n) is 2.59. The highest BCUT2D eigenvalue weighted by molar-refractivity contribution is 5.80. The van der Waals surface area contributed by atoms with Crippen molar-refractivity contribution in [2.75, 3.05) is 0 Å². The molecule has 0 aliphatic heterocycles. The SMILES string of the molecule is C=NC=Nc1ccc(-c2cccnc2-c2ccc(F)c(C)n2)cc1C. The van der Waals surface area contributed by atoms with Gasteiger partial charge in [0.05, 0.1) is 22.8 Å². The Hall–Kier alpha value is -3.21. The molecule has 0 unspecified atom stereocenters. The molecule has 124 valence electrons. The lowest BCUT2D eigenvalue weighted by Crippen LogP contribution is -1.95. The monoisotopic (exact) mass is 332 g/mol. The molecule has 2 aromatic heterocycles. The molecule has 3 aromatic rings. The Morgan fingerprint density at radius 2 is 1.96 bits per heavy atom. The predicted octanol–water partition coefficient (Wildman–Crippen LogP) is 4.93. The van der Waals surface area contributed by atoms with Crippen LogP contribution in [0.15, 0.2) is 58.6 Å². The molecule has 25 heavy (non-hydrogen) atoms. The van der Waals surface area contributed by atoms with Crippen molar-refractivity contribution in [2.45, 2.75) is 13.8 Å². The molecule has 0 N–H and O–H groups in total. The summed E-state index contributed by atoms with van der Waals surface area (Å²) >= 11 is 0. The molecule has 0 aliphatic carbocycles. The van der Waals surface area contributed by atoms with Crippen LogP contribution in [0, 0.1) is 19.7 Å². The van der Waals surface area contributed by atoms with Crippen molar-refractivity contribution in [3.8, 4) is 22.5 Å². The molecule has 4 nitrogen and oxygen atoms in total. The smallest absolute Gasteiger partial charge is 0.144 e. The highest BCUT2D eigenvalue weighted by atomic mass is 19.1. The van der Waals surface area contributed by atoms with Crippen LogP contribution < -0.4 is 0 Å². The summed E-state index contributed by atoms with van der Waals surface area (Å²) < 4.78 is 13.5. The standard InChI is InChI=1S/C20H17FN4/c1-13-11-15(6-8-18(13)24-12-22-3)16-5-4-10-23-20(16)19-9-7-17(21)14(2)25-19/h4-12H,3H2,1-2H3. The third-order valence-corrected chi connectivity index (χ3v) is 3.86. The minimum absolute atomic E-state index is 0.324. The van der Waals surface area contributed by atoms with Crippen molar-refractivity contribution >= 4 is 18.7 Å². The summed E-state index contributed by atoms with van der Waals surface area (Å²) in [5.41, 5.74) is 5.48. The summed E-state index contributed by atoms with van der Waals surface area (Å²) in [6.45, 7) is 7.01. The average Bonchev–Trinajstić information content (AvgIpc) is 2.63. The van der Waals surface area contributed by atoms with E-state index in [-0.39, 0.29) is 5.82 Å². The van der Waals surface area contributed by atoms with E-state index in [1.54, 1.807) is 19.2 Å². The van der Waals surface area contributed by atoms with Gasteiger partial charge in [0.15, 0.2) is 0 Å². The van der Waals surface area contributed by atoms with Crippen molar-refractivity contribution in [3.63, 3.8) is 0 Å². The summed E-state index contributed by atoms with van der Waals surface area (Å²) in [6.07, 6.45) is 3.13. The van der Waals surface area contributed by atoms with Gasteiger partial charge in [0.25, 0.3) is 0 Å². The second kappa shape index (κ2) is 7.13. The Bertz CT molecular complexity index is 964. The molecule has 5 heteroatoms. The summed E-state index contributed by atoms with van der Waals surface area (Å²) in [4.78, 5) is 16.7. The lowest BCUT2D eigenvalue weighted by Gasteiger charge is -2.10. The van der Waals surface area contributed by atoms with Crippen LogP contribution in [-0.4, -0.2) is 23.0 Å². The average molecular weight is 332 g/mol. The summed E-state index contributed by atoms with van der Waals surface area (Å²) in [5.74, 6) is -0.324. The lowest BCUT2D eigenvalue weighted by atomic mass is 9.99. The van der Waals surface area contributed by atoms with E-state index >= 15 is 0 Å². The third-order valence-electron chi connectivity index (χ3n) is 3.86. The molecule has 0 radical (unpaired) electrons. The molecule has 3 rings (SSSR count). The molecule has 2 heterocycles. The number of hydrogen-bond acceptors (Lipinski definition) is 3. The van der Waals surface area contributed by atoms with E-state index in [2.05, 4.69) is 26.7 Å². The zero-order chi connectivity index (χ0) is 17.8. The fourth-order valence-corrected chi connectivity index (χ4v) is 2.59. The van der Waals surface area contributed by atoms with Crippen LogP contribution in [0.2, 0.25) is 0 Å². The van der Waals surface area contributed by atoms with Gasteiger partial charge in [-0.3, -0.25) is 9.98 Å². The first-order valence-corrected chi connectivity index (χ1v) is 7.78. The van der Waals surface area contributed by atoms with Gasteiger partial charge in [0.2, 0.25) is 0 Å². The largest absolute Gasteiger partial charge is 0.254 e. The molecular formula is C20H17FN4. The Morgan fingerprint density at radius 1 is 1.12 bits per heavy atom. The van der Waals surface area contributed by atoms with E-state index in [4.69, 9.17) is 0 Å². The number of nitrogens with zero attached hydrogens (tertiary/aromatic N) is 4. The number of pyridine rings is 2. The van der Waals surface area contributed by atoms with E-state index in [1.807, 2.05) is 37.3 Å². The van der Waals surface area contributed by atoms with Crippen molar-refractivity contribution in [1.29, 1.82) is 0 Å². The van der Waals surface area contributed by atoms with E-state index < -0.39 is 0 Å². The fraction of sp³-hybridized carbons (Fsp3) is 0.100. The zero-order valence-corrected chi connectivity index (χ0v) is 14.1. The lowest BCUT2D eigenvalue weighted by molar-refractivity contribution is 0.610.